The van der Waals surface area contributed by atoms with E-state index in [9.17, 15) is 5.11 Å². The van der Waals surface area contributed by atoms with Gasteiger partial charge in [-0.15, -0.1) is 0 Å². The van der Waals surface area contributed by atoms with Crippen LogP contribution in [0.4, 0.5) is 0 Å². The average molecular weight is 274 g/mol. The SMILES string of the molecule is Cc1ccc(O)c(CNC2CC3CCCC(C2)N3C)c1. The van der Waals surface area contributed by atoms with Crippen molar-refractivity contribution in [2.75, 3.05) is 7.05 Å². The molecule has 110 valence electrons. The van der Waals surface area contributed by atoms with Gasteiger partial charge in [0.25, 0.3) is 0 Å². The molecule has 0 radical (unpaired) electrons. The number of aryl methyl sites for hydroxylation is 1. The lowest BCUT2D eigenvalue weighted by Crippen LogP contribution is -2.54. The molecule has 3 heteroatoms. The largest absolute Gasteiger partial charge is 0.508 e. The molecule has 2 fully saturated rings. The number of rotatable bonds is 3. The molecule has 2 atom stereocenters. The van der Waals surface area contributed by atoms with E-state index < -0.39 is 0 Å². The van der Waals surface area contributed by atoms with E-state index in [0.29, 0.717) is 11.8 Å². The highest BCUT2D eigenvalue weighted by Crippen LogP contribution is 2.32. The van der Waals surface area contributed by atoms with Crippen molar-refractivity contribution in [3.05, 3.63) is 29.3 Å². The first kappa shape index (κ1) is 13.9. The van der Waals surface area contributed by atoms with Crippen molar-refractivity contribution in [1.82, 2.24) is 10.2 Å². The summed E-state index contributed by atoms with van der Waals surface area (Å²) in [6.45, 7) is 2.85. The number of hydrogen-bond donors (Lipinski definition) is 2. The second-order valence-electron chi connectivity index (χ2n) is 6.59. The number of benzene rings is 1. The topological polar surface area (TPSA) is 35.5 Å². The van der Waals surface area contributed by atoms with E-state index in [1.807, 2.05) is 6.07 Å². The molecule has 0 saturated carbocycles. The average Bonchev–Trinajstić information content (AvgIpc) is 2.40. The van der Waals surface area contributed by atoms with Crippen LogP contribution in [0.2, 0.25) is 0 Å². The molecule has 2 N–H and O–H groups in total. The molecule has 0 spiro atoms. The lowest BCUT2D eigenvalue weighted by molar-refractivity contribution is 0.0482. The summed E-state index contributed by atoms with van der Waals surface area (Å²) in [4.78, 5) is 2.59. The highest BCUT2D eigenvalue weighted by molar-refractivity contribution is 5.35. The van der Waals surface area contributed by atoms with Gasteiger partial charge in [0.15, 0.2) is 0 Å². The third-order valence-corrected chi connectivity index (χ3v) is 5.16. The summed E-state index contributed by atoms with van der Waals surface area (Å²) in [6.07, 6.45) is 6.59. The first-order valence-electron chi connectivity index (χ1n) is 7.87. The van der Waals surface area contributed by atoms with E-state index in [-0.39, 0.29) is 0 Å². The van der Waals surface area contributed by atoms with E-state index in [0.717, 1.165) is 24.2 Å². The molecule has 0 aliphatic carbocycles. The van der Waals surface area contributed by atoms with Crippen molar-refractivity contribution in [1.29, 1.82) is 0 Å². The Balaban J connectivity index is 1.60. The van der Waals surface area contributed by atoms with Crippen molar-refractivity contribution in [3.63, 3.8) is 0 Å². The first-order valence-corrected chi connectivity index (χ1v) is 7.87. The van der Waals surface area contributed by atoms with Gasteiger partial charge in [-0.25, -0.2) is 0 Å². The summed E-state index contributed by atoms with van der Waals surface area (Å²) in [7, 11) is 2.29. The predicted molar refractivity (Wildman–Crippen MR) is 81.9 cm³/mol. The molecular formula is C17H26N2O. The standard InChI is InChI=1S/C17H26N2O/c1-12-6-7-17(20)13(8-12)11-18-14-9-15-4-3-5-16(10-14)19(15)2/h6-8,14-16,18,20H,3-5,9-11H2,1-2H3. The third-order valence-electron chi connectivity index (χ3n) is 5.16. The second kappa shape index (κ2) is 5.74. The zero-order valence-corrected chi connectivity index (χ0v) is 12.6. The summed E-state index contributed by atoms with van der Waals surface area (Å²) in [6, 6.07) is 7.95. The Hall–Kier alpha value is -1.06. The molecule has 3 rings (SSSR count). The van der Waals surface area contributed by atoms with Crippen LogP contribution in [0.15, 0.2) is 18.2 Å². The number of fused-ring (bicyclic) bond motifs is 2. The van der Waals surface area contributed by atoms with Crippen LogP contribution >= 0.6 is 0 Å². The minimum atomic E-state index is 0.413. The van der Waals surface area contributed by atoms with E-state index in [4.69, 9.17) is 0 Å². The molecule has 2 saturated heterocycles. The van der Waals surface area contributed by atoms with Crippen molar-refractivity contribution < 1.29 is 5.11 Å². The third kappa shape index (κ3) is 2.84. The van der Waals surface area contributed by atoms with Crippen LogP contribution in [0.1, 0.15) is 43.2 Å². The normalized spacial score (nSPS) is 30.4. The van der Waals surface area contributed by atoms with Gasteiger partial charge in [0, 0.05) is 30.2 Å². The summed E-state index contributed by atoms with van der Waals surface area (Å²) in [5.74, 6) is 0.413. The van der Waals surface area contributed by atoms with Gasteiger partial charge in [-0.1, -0.05) is 24.1 Å². The number of piperidine rings is 2. The summed E-state index contributed by atoms with van der Waals surface area (Å²) >= 11 is 0. The lowest BCUT2D eigenvalue weighted by atomic mass is 9.82. The fourth-order valence-electron chi connectivity index (χ4n) is 3.89. The number of nitrogens with zero attached hydrogens (tertiary/aromatic N) is 1. The molecule has 20 heavy (non-hydrogen) atoms. The summed E-state index contributed by atoms with van der Waals surface area (Å²) < 4.78 is 0. The van der Waals surface area contributed by atoms with Crippen LogP contribution in [0, 0.1) is 6.92 Å². The maximum absolute atomic E-state index is 9.92. The van der Waals surface area contributed by atoms with Crippen LogP contribution in [-0.2, 0) is 6.54 Å². The Kier molecular flexibility index (Phi) is 3.99. The van der Waals surface area contributed by atoms with Gasteiger partial charge in [-0.3, -0.25) is 0 Å². The summed E-state index contributed by atoms with van der Waals surface area (Å²) in [5.41, 5.74) is 2.23. The van der Waals surface area contributed by atoms with E-state index in [1.54, 1.807) is 6.07 Å². The molecule has 3 nitrogen and oxygen atoms in total. The van der Waals surface area contributed by atoms with Crippen LogP contribution in [0.5, 0.6) is 5.75 Å². The Labute approximate surface area is 122 Å². The molecule has 1 aromatic rings. The number of aromatic hydroxyl groups is 1. The zero-order valence-electron chi connectivity index (χ0n) is 12.6. The second-order valence-corrected chi connectivity index (χ2v) is 6.59. The number of hydrogen-bond acceptors (Lipinski definition) is 3. The lowest BCUT2D eigenvalue weighted by Gasteiger charge is -2.47. The van der Waals surface area contributed by atoms with E-state index >= 15 is 0 Å². The van der Waals surface area contributed by atoms with E-state index in [1.165, 1.54) is 37.7 Å². The van der Waals surface area contributed by atoms with Gasteiger partial charge in [0.1, 0.15) is 5.75 Å². The van der Waals surface area contributed by atoms with Crippen LogP contribution in [-0.4, -0.2) is 35.2 Å². The van der Waals surface area contributed by atoms with Gasteiger partial charge in [0.05, 0.1) is 0 Å². The smallest absolute Gasteiger partial charge is 0.120 e. The highest BCUT2D eigenvalue weighted by atomic mass is 16.3. The zero-order chi connectivity index (χ0) is 14.1. The molecule has 2 unspecified atom stereocenters. The van der Waals surface area contributed by atoms with Gasteiger partial charge >= 0.3 is 0 Å². The Morgan fingerprint density at radius 3 is 2.65 bits per heavy atom. The predicted octanol–water partition coefficient (Wildman–Crippen LogP) is 2.81. The minimum absolute atomic E-state index is 0.413. The first-order chi connectivity index (χ1) is 9.63. The minimum Gasteiger partial charge on any atom is -0.508 e. The molecule has 0 amide bonds. The number of phenolic OH excluding ortho intramolecular Hbond substituents is 1. The van der Waals surface area contributed by atoms with Crippen molar-refractivity contribution in [2.24, 2.45) is 0 Å². The molecule has 1 aromatic carbocycles. The van der Waals surface area contributed by atoms with Crippen molar-refractivity contribution in [2.45, 2.75) is 63.7 Å². The maximum Gasteiger partial charge on any atom is 0.120 e. The van der Waals surface area contributed by atoms with Gasteiger partial charge in [0.2, 0.25) is 0 Å². The maximum atomic E-state index is 9.92. The highest BCUT2D eigenvalue weighted by Gasteiger charge is 2.35. The fourth-order valence-corrected chi connectivity index (χ4v) is 3.89. The Morgan fingerprint density at radius 1 is 1.25 bits per heavy atom. The van der Waals surface area contributed by atoms with E-state index in [2.05, 4.69) is 30.3 Å². The van der Waals surface area contributed by atoms with Gasteiger partial charge < -0.3 is 15.3 Å². The fraction of sp³-hybridized carbons (Fsp3) is 0.647. The monoisotopic (exact) mass is 274 g/mol. The van der Waals surface area contributed by atoms with Gasteiger partial charge in [-0.2, -0.15) is 0 Å². The number of phenols is 1. The quantitative estimate of drug-likeness (QED) is 0.889. The van der Waals surface area contributed by atoms with Crippen LogP contribution in [0.25, 0.3) is 0 Å². The van der Waals surface area contributed by atoms with Crippen molar-refractivity contribution >= 4 is 0 Å². The Bertz CT molecular complexity index is 460. The van der Waals surface area contributed by atoms with Gasteiger partial charge in [-0.05, 0) is 45.7 Å². The van der Waals surface area contributed by atoms with Crippen molar-refractivity contribution in [3.8, 4) is 5.75 Å². The molecule has 2 bridgehead atoms. The molecular weight excluding hydrogens is 248 g/mol. The molecule has 0 aromatic heterocycles. The van der Waals surface area contributed by atoms with Crippen LogP contribution in [0.3, 0.4) is 0 Å². The van der Waals surface area contributed by atoms with Crippen LogP contribution < -0.4 is 5.32 Å². The molecule has 2 aliphatic rings. The Morgan fingerprint density at radius 2 is 1.95 bits per heavy atom. The molecule has 2 heterocycles. The number of nitrogens with one attached hydrogen (secondary N) is 1. The summed E-state index contributed by atoms with van der Waals surface area (Å²) in [5, 5.41) is 13.6. The molecule has 2 aliphatic heterocycles.